The molecular formula is C20H29N5O2S. The van der Waals surface area contributed by atoms with E-state index >= 15 is 0 Å². The first kappa shape index (κ1) is 20.6. The van der Waals surface area contributed by atoms with Gasteiger partial charge >= 0.3 is 6.09 Å². The number of amides is 1. The van der Waals surface area contributed by atoms with E-state index in [0.717, 1.165) is 57.6 Å². The molecule has 1 saturated heterocycles. The zero-order chi connectivity index (χ0) is 19.8. The van der Waals surface area contributed by atoms with Gasteiger partial charge in [-0.05, 0) is 61.9 Å². The summed E-state index contributed by atoms with van der Waals surface area (Å²) in [5.41, 5.74) is 5.65. The number of aromatic nitrogens is 1. The molecule has 0 radical (unpaired) electrons. The number of hydrazine groups is 1. The van der Waals surface area contributed by atoms with Crippen molar-refractivity contribution in [2.45, 2.75) is 25.7 Å². The van der Waals surface area contributed by atoms with Crippen LogP contribution in [-0.4, -0.2) is 55.8 Å². The lowest BCUT2D eigenvalue weighted by molar-refractivity contribution is 0.145. The number of hydrogen-bond acceptors (Lipinski definition) is 7. The number of likely N-dealkylation sites (N-methyl/N-ethyl adjacent to an activating group) is 1. The molecule has 0 aromatic carbocycles. The van der Waals surface area contributed by atoms with Gasteiger partial charge in [-0.25, -0.2) is 10.6 Å². The van der Waals surface area contributed by atoms with Gasteiger partial charge < -0.3 is 14.5 Å². The van der Waals surface area contributed by atoms with Crippen LogP contribution in [0.15, 0.2) is 29.8 Å². The van der Waals surface area contributed by atoms with Crippen LogP contribution in [0.1, 0.15) is 22.6 Å². The Bertz CT molecular complexity index is 741. The third-order valence-electron chi connectivity index (χ3n) is 4.97. The van der Waals surface area contributed by atoms with E-state index < -0.39 is 6.09 Å². The summed E-state index contributed by atoms with van der Waals surface area (Å²) >= 11 is 1.76. The van der Waals surface area contributed by atoms with Crippen molar-refractivity contribution in [3.8, 4) is 0 Å². The van der Waals surface area contributed by atoms with E-state index in [-0.39, 0.29) is 0 Å². The monoisotopic (exact) mass is 403 g/mol. The molecule has 8 heteroatoms. The molecule has 7 nitrogen and oxygen atoms in total. The Morgan fingerprint density at radius 2 is 2.07 bits per heavy atom. The summed E-state index contributed by atoms with van der Waals surface area (Å²) in [5, 5.41) is 2.21. The van der Waals surface area contributed by atoms with Crippen LogP contribution in [-0.2, 0) is 24.0 Å². The molecule has 0 saturated carbocycles. The number of carbonyl (C=O) groups is 1. The van der Waals surface area contributed by atoms with Crippen molar-refractivity contribution >= 4 is 23.1 Å². The molecule has 0 bridgehead atoms. The smallest absolute Gasteiger partial charge is 0.421 e. The van der Waals surface area contributed by atoms with Gasteiger partial charge in [0, 0.05) is 36.8 Å². The fraction of sp³-hybridized carbons (Fsp3) is 0.500. The number of nitrogens with zero attached hydrogens (tertiary/aromatic N) is 3. The highest BCUT2D eigenvalue weighted by Crippen LogP contribution is 2.19. The summed E-state index contributed by atoms with van der Waals surface area (Å²) in [7, 11) is 2.17. The number of thiophene rings is 1. The predicted molar refractivity (Wildman–Crippen MR) is 113 cm³/mol. The molecule has 28 heavy (non-hydrogen) atoms. The Labute approximate surface area is 170 Å². The van der Waals surface area contributed by atoms with Crippen molar-refractivity contribution in [3.05, 3.63) is 45.9 Å². The number of nitrogens with one attached hydrogen (secondary N) is 1. The lowest BCUT2D eigenvalue weighted by Gasteiger charge is -2.33. The lowest BCUT2D eigenvalue weighted by atomic mass is 10.1. The van der Waals surface area contributed by atoms with Crippen molar-refractivity contribution in [2.75, 3.05) is 44.7 Å². The van der Waals surface area contributed by atoms with Gasteiger partial charge in [-0.15, -0.1) is 11.3 Å². The van der Waals surface area contributed by atoms with Gasteiger partial charge in [-0.2, -0.15) is 0 Å². The Balaban J connectivity index is 1.41. The number of piperazine rings is 1. The molecule has 0 spiro atoms. The zero-order valence-corrected chi connectivity index (χ0v) is 17.2. The molecule has 3 heterocycles. The van der Waals surface area contributed by atoms with Crippen LogP contribution in [0.5, 0.6) is 0 Å². The topological polar surface area (TPSA) is 83.7 Å². The first-order valence-electron chi connectivity index (χ1n) is 9.72. The minimum Gasteiger partial charge on any atom is -0.449 e. The van der Waals surface area contributed by atoms with E-state index in [1.165, 1.54) is 16.1 Å². The molecule has 2 aromatic rings. The Morgan fingerprint density at radius 3 is 2.79 bits per heavy atom. The number of nitrogens with two attached hydrogens (primary N) is 1. The van der Waals surface area contributed by atoms with Crippen LogP contribution in [0.4, 0.5) is 10.5 Å². The van der Waals surface area contributed by atoms with Crippen molar-refractivity contribution in [3.63, 3.8) is 0 Å². The van der Waals surface area contributed by atoms with Gasteiger partial charge in [0.2, 0.25) is 0 Å². The quantitative estimate of drug-likeness (QED) is 0.304. The molecular weight excluding hydrogens is 374 g/mol. The van der Waals surface area contributed by atoms with Gasteiger partial charge in [0.05, 0.1) is 18.5 Å². The van der Waals surface area contributed by atoms with Crippen molar-refractivity contribution in [1.82, 2.24) is 15.3 Å². The molecule has 1 amide bonds. The van der Waals surface area contributed by atoms with E-state index in [1.54, 1.807) is 11.3 Å². The average molecular weight is 404 g/mol. The first-order chi connectivity index (χ1) is 13.6. The number of pyridine rings is 1. The molecule has 1 fully saturated rings. The third-order valence-corrected chi connectivity index (χ3v) is 6.02. The van der Waals surface area contributed by atoms with Crippen LogP contribution in [0, 0.1) is 0 Å². The molecule has 152 valence electrons. The number of carbonyl (C=O) groups excluding carboxylic acids is 1. The van der Waals surface area contributed by atoms with E-state index in [0.29, 0.717) is 6.61 Å². The fourth-order valence-electron chi connectivity index (χ4n) is 3.23. The maximum Gasteiger partial charge on any atom is 0.421 e. The van der Waals surface area contributed by atoms with Gasteiger partial charge in [0.15, 0.2) is 0 Å². The predicted octanol–water partition coefficient (Wildman–Crippen LogP) is 2.21. The normalized spacial score (nSPS) is 14.9. The standard InChI is InChI=1S/C20H29N5O2S/c1-24-8-10-25(11-9-24)18-7-6-17(22-14-18)5-4-16-13-19(28-15-16)3-2-12-27-20(26)23-21/h6-7,13-15H,2-5,8-12,21H2,1H3,(H,23,26). The number of anilines is 1. The zero-order valence-electron chi connectivity index (χ0n) is 16.4. The second-order valence-electron chi connectivity index (χ2n) is 7.10. The van der Waals surface area contributed by atoms with Gasteiger partial charge in [-0.3, -0.25) is 10.4 Å². The van der Waals surface area contributed by atoms with E-state index in [9.17, 15) is 4.79 Å². The highest BCUT2D eigenvalue weighted by atomic mass is 32.1. The number of aryl methyl sites for hydroxylation is 3. The maximum absolute atomic E-state index is 10.9. The SMILES string of the molecule is CN1CCN(c2ccc(CCc3csc(CCCOC(=O)NN)c3)nc2)CC1. The largest absolute Gasteiger partial charge is 0.449 e. The molecule has 3 rings (SSSR count). The number of hydrogen-bond donors (Lipinski definition) is 2. The van der Waals surface area contributed by atoms with Crippen molar-refractivity contribution in [2.24, 2.45) is 5.84 Å². The Hall–Kier alpha value is -2.16. The van der Waals surface area contributed by atoms with Crippen LogP contribution < -0.4 is 16.2 Å². The molecule has 1 aliphatic rings. The minimum absolute atomic E-state index is 0.375. The Kier molecular flexibility index (Phi) is 7.64. The summed E-state index contributed by atoms with van der Waals surface area (Å²) in [6, 6.07) is 6.59. The molecule has 0 unspecified atom stereocenters. The molecule has 1 aliphatic heterocycles. The maximum atomic E-state index is 10.9. The summed E-state index contributed by atoms with van der Waals surface area (Å²) in [6.45, 7) is 4.72. The van der Waals surface area contributed by atoms with Crippen LogP contribution in [0.25, 0.3) is 0 Å². The summed E-state index contributed by atoms with van der Waals surface area (Å²) in [6.07, 6.45) is 5.06. The second-order valence-corrected chi connectivity index (χ2v) is 8.10. The van der Waals surface area contributed by atoms with E-state index in [1.807, 2.05) is 11.6 Å². The Morgan fingerprint density at radius 1 is 1.25 bits per heavy atom. The molecule has 3 N–H and O–H groups in total. The fourth-order valence-corrected chi connectivity index (χ4v) is 4.20. The lowest BCUT2D eigenvalue weighted by Crippen LogP contribution is -2.44. The number of ether oxygens (including phenoxy) is 1. The van der Waals surface area contributed by atoms with Crippen LogP contribution in [0.2, 0.25) is 0 Å². The van der Waals surface area contributed by atoms with Gasteiger partial charge in [0.25, 0.3) is 0 Å². The van der Waals surface area contributed by atoms with E-state index in [4.69, 9.17) is 10.6 Å². The van der Waals surface area contributed by atoms with Gasteiger partial charge in [0.1, 0.15) is 0 Å². The first-order valence-corrected chi connectivity index (χ1v) is 10.6. The highest BCUT2D eigenvalue weighted by molar-refractivity contribution is 7.10. The summed E-state index contributed by atoms with van der Waals surface area (Å²) in [5.74, 6) is 4.97. The van der Waals surface area contributed by atoms with Crippen LogP contribution in [0.3, 0.4) is 0 Å². The van der Waals surface area contributed by atoms with Crippen LogP contribution >= 0.6 is 11.3 Å². The highest BCUT2D eigenvalue weighted by Gasteiger charge is 2.14. The van der Waals surface area contributed by atoms with Crippen molar-refractivity contribution < 1.29 is 9.53 Å². The second kappa shape index (κ2) is 10.4. The van der Waals surface area contributed by atoms with E-state index in [2.05, 4.69) is 45.4 Å². The number of rotatable bonds is 8. The summed E-state index contributed by atoms with van der Waals surface area (Å²) in [4.78, 5) is 21.6. The van der Waals surface area contributed by atoms with Gasteiger partial charge in [-0.1, -0.05) is 0 Å². The summed E-state index contributed by atoms with van der Waals surface area (Å²) < 4.78 is 4.90. The van der Waals surface area contributed by atoms with Crippen molar-refractivity contribution in [1.29, 1.82) is 0 Å². The molecule has 0 aliphatic carbocycles. The molecule has 0 atom stereocenters. The molecule has 2 aromatic heterocycles. The third kappa shape index (κ3) is 6.19. The average Bonchev–Trinajstić information content (AvgIpc) is 3.18. The minimum atomic E-state index is -0.585.